The molecule has 3 amide bonds. The summed E-state index contributed by atoms with van der Waals surface area (Å²) in [4.78, 5) is 27.4. The lowest BCUT2D eigenvalue weighted by Crippen LogP contribution is -2.62. The molecule has 0 aromatic heterocycles. The van der Waals surface area contributed by atoms with Gasteiger partial charge in [-0.05, 0) is 56.1 Å². The van der Waals surface area contributed by atoms with E-state index in [-0.39, 0.29) is 41.9 Å². The molecule has 2 atom stereocenters. The minimum atomic E-state index is -4.61. The summed E-state index contributed by atoms with van der Waals surface area (Å²) in [7, 11) is 0. The van der Waals surface area contributed by atoms with Crippen LogP contribution in [0.15, 0.2) is 34.1 Å². The van der Waals surface area contributed by atoms with Gasteiger partial charge < -0.3 is 14.7 Å². The van der Waals surface area contributed by atoms with Crippen molar-refractivity contribution in [1.82, 2.24) is 15.3 Å². The molecule has 7 nitrogen and oxygen atoms in total. The van der Waals surface area contributed by atoms with E-state index in [2.05, 4.69) is 5.43 Å². The summed E-state index contributed by atoms with van der Waals surface area (Å²) in [6, 6.07) is -0.487. The van der Waals surface area contributed by atoms with Gasteiger partial charge in [-0.1, -0.05) is 17.7 Å². The van der Waals surface area contributed by atoms with Crippen LogP contribution in [0.2, 0.25) is 0 Å². The Morgan fingerprint density at radius 3 is 2.45 bits per heavy atom. The molecule has 2 saturated carbocycles. The van der Waals surface area contributed by atoms with Gasteiger partial charge in [0.05, 0.1) is 29.2 Å². The van der Waals surface area contributed by atoms with Crippen molar-refractivity contribution in [1.29, 1.82) is 0 Å². The zero-order valence-electron chi connectivity index (χ0n) is 17.8. The molecular formula is C22H25ClF3N3O4. The van der Waals surface area contributed by atoms with Gasteiger partial charge in [0, 0.05) is 12.6 Å². The summed E-state index contributed by atoms with van der Waals surface area (Å²) in [6.45, 7) is 0.413. The largest absolute Gasteiger partial charge is 0.478 e. The number of aliphatic hydroxyl groups excluding tert-OH is 1. The topological polar surface area (TPSA) is 82.1 Å². The number of carbonyl (C=O) groups excluding carboxylic acids is 2. The third-order valence-electron chi connectivity index (χ3n) is 7.06. The molecule has 0 bridgehead atoms. The summed E-state index contributed by atoms with van der Waals surface area (Å²) >= 11 is 6.39. The quantitative estimate of drug-likeness (QED) is 0.639. The third-order valence-corrected chi connectivity index (χ3v) is 7.48. The number of hydrazine groups is 1. The van der Waals surface area contributed by atoms with E-state index in [9.17, 15) is 27.9 Å². The van der Waals surface area contributed by atoms with Crippen molar-refractivity contribution in [2.24, 2.45) is 11.8 Å². The molecule has 0 aromatic carbocycles. The van der Waals surface area contributed by atoms with E-state index in [4.69, 9.17) is 16.3 Å². The van der Waals surface area contributed by atoms with Crippen LogP contribution in [0.4, 0.5) is 18.0 Å². The Kier molecular flexibility index (Phi) is 5.63. The van der Waals surface area contributed by atoms with Crippen LogP contribution in [0, 0.1) is 11.8 Å². The third kappa shape index (κ3) is 4.23. The Hall–Kier alpha value is -2.20. The van der Waals surface area contributed by atoms with E-state index in [1.807, 2.05) is 0 Å². The molecule has 5 rings (SSSR count). The number of halogens is 4. The second-order valence-corrected chi connectivity index (χ2v) is 9.72. The van der Waals surface area contributed by atoms with Crippen LogP contribution in [0.5, 0.6) is 0 Å². The number of carbonyl (C=O) groups is 2. The molecule has 5 aliphatic rings. The number of nitrogens with zero attached hydrogens (tertiary/aromatic N) is 2. The first kappa shape index (κ1) is 22.6. The van der Waals surface area contributed by atoms with Crippen LogP contribution < -0.4 is 5.43 Å². The number of amides is 3. The highest BCUT2D eigenvalue weighted by Crippen LogP contribution is 2.50. The summed E-state index contributed by atoms with van der Waals surface area (Å²) in [6.07, 6.45) is 0.654. The minimum absolute atomic E-state index is 0.0236. The van der Waals surface area contributed by atoms with Crippen molar-refractivity contribution < 1.29 is 32.6 Å². The standard InChI is InChI=1S/C22H25ClF3N3O4/c23-17-15-9-12(11-1-2-11)10-16(22(24,25)26)18(15)33-19(17)20(31)29-8-7-28(21(32)27-29)13-3-5-14(30)6-4-13/h9-11,13-15,18,30H,1-8H2,(H,27,32). The molecule has 2 unspecified atom stereocenters. The molecule has 3 fully saturated rings. The lowest BCUT2D eigenvalue weighted by Gasteiger charge is -2.41. The van der Waals surface area contributed by atoms with Crippen LogP contribution >= 0.6 is 11.6 Å². The van der Waals surface area contributed by atoms with E-state index in [1.165, 1.54) is 0 Å². The van der Waals surface area contributed by atoms with Gasteiger partial charge in [-0.15, -0.1) is 0 Å². The summed E-state index contributed by atoms with van der Waals surface area (Å²) in [5, 5.41) is 10.7. The zero-order chi connectivity index (χ0) is 23.5. The maximum absolute atomic E-state index is 13.7. The Morgan fingerprint density at radius 1 is 1.15 bits per heavy atom. The van der Waals surface area contributed by atoms with Crippen molar-refractivity contribution >= 4 is 23.5 Å². The zero-order valence-corrected chi connectivity index (χ0v) is 18.5. The highest BCUT2D eigenvalue weighted by Gasteiger charge is 2.52. The predicted molar refractivity (Wildman–Crippen MR) is 111 cm³/mol. The van der Waals surface area contributed by atoms with Gasteiger partial charge in [0.2, 0.25) is 5.76 Å². The Morgan fingerprint density at radius 2 is 1.85 bits per heavy atom. The first-order chi connectivity index (χ1) is 15.6. The van der Waals surface area contributed by atoms with Gasteiger partial charge in [-0.25, -0.2) is 15.2 Å². The number of nitrogens with one attached hydrogen (secondary N) is 1. The fraction of sp³-hybridized carbons (Fsp3) is 0.636. The number of urea groups is 1. The second-order valence-electron chi connectivity index (χ2n) is 9.31. The molecule has 0 aromatic rings. The van der Waals surface area contributed by atoms with E-state index in [0.29, 0.717) is 31.3 Å². The van der Waals surface area contributed by atoms with Crippen molar-refractivity contribution in [3.63, 3.8) is 0 Å². The fourth-order valence-corrected chi connectivity index (χ4v) is 5.38. The molecule has 11 heteroatoms. The molecule has 0 radical (unpaired) electrons. The SMILES string of the molecule is O=C(C1=C(Cl)C2C=C(C3CC3)C=C(C(F)(F)F)C2O1)N1CCN(C2CCC(O)CC2)C(=O)N1. The van der Waals surface area contributed by atoms with Crippen molar-refractivity contribution in [3.8, 4) is 0 Å². The smallest absolute Gasteiger partial charge is 0.416 e. The monoisotopic (exact) mass is 487 g/mol. The number of alkyl halides is 3. The summed E-state index contributed by atoms with van der Waals surface area (Å²) < 4.78 is 46.7. The van der Waals surface area contributed by atoms with Gasteiger partial charge >= 0.3 is 18.1 Å². The number of hydrogen-bond donors (Lipinski definition) is 2. The molecule has 1 saturated heterocycles. The highest BCUT2D eigenvalue weighted by atomic mass is 35.5. The van der Waals surface area contributed by atoms with Crippen LogP contribution in [-0.4, -0.2) is 64.5 Å². The van der Waals surface area contributed by atoms with E-state index in [1.54, 1.807) is 11.0 Å². The maximum atomic E-state index is 13.7. The molecule has 2 N–H and O–H groups in total. The number of fused-ring (bicyclic) bond motifs is 1. The molecule has 0 spiro atoms. The molecule has 3 aliphatic carbocycles. The fourth-order valence-electron chi connectivity index (χ4n) is 5.08. The highest BCUT2D eigenvalue weighted by molar-refractivity contribution is 6.32. The number of aliphatic hydroxyl groups is 1. The van der Waals surface area contributed by atoms with E-state index >= 15 is 0 Å². The van der Waals surface area contributed by atoms with Crippen molar-refractivity contribution in [3.05, 3.63) is 34.1 Å². The van der Waals surface area contributed by atoms with Gasteiger partial charge in [-0.3, -0.25) is 4.79 Å². The summed E-state index contributed by atoms with van der Waals surface area (Å²) in [5.74, 6) is -1.91. The van der Waals surface area contributed by atoms with Crippen molar-refractivity contribution in [2.75, 3.05) is 13.1 Å². The predicted octanol–water partition coefficient (Wildman–Crippen LogP) is 3.36. The molecule has 33 heavy (non-hydrogen) atoms. The number of ether oxygens (including phenoxy) is 1. The summed E-state index contributed by atoms with van der Waals surface area (Å²) in [5.41, 5.74) is 2.26. The normalized spacial score (nSPS) is 32.7. The first-order valence-electron chi connectivity index (χ1n) is 11.3. The van der Waals surface area contributed by atoms with Crippen LogP contribution in [0.1, 0.15) is 38.5 Å². The van der Waals surface area contributed by atoms with E-state index < -0.39 is 35.7 Å². The number of rotatable bonds is 3. The first-order valence-corrected chi connectivity index (χ1v) is 11.6. The molecule has 180 valence electrons. The second kappa shape index (κ2) is 8.23. The van der Waals surface area contributed by atoms with Gasteiger partial charge in [0.15, 0.2) is 0 Å². The van der Waals surface area contributed by atoms with Crippen LogP contribution in [-0.2, 0) is 9.53 Å². The van der Waals surface area contributed by atoms with Gasteiger partial charge in [-0.2, -0.15) is 13.2 Å². The lowest BCUT2D eigenvalue weighted by atomic mass is 9.86. The van der Waals surface area contributed by atoms with Gasteiger partial charge in [0.1, 0.15) is 6.10 Å². The Balaban J connectivity index is 1.31. The minimum Gasteiger partial charge on any atom is -0.478 e. The van der Waals surface area contributed by atoms with E-state index in [0.717, 1.165) is 23.9 Å². The van der Waals surface area contributed by atoms with Gasteiger partial charge in [0.25, 0.3) is 0 Å². The van der Waals surface area contributed by atoms with Crippen molar-refractivity contribution in [2.45, 2.75) is 63.0 Å². The molecular weight excluding hydrogens is 463 g/mol. The molecule has 2 heterocycles. The van der Waals surface area contributed by atoms with Crippen LogP contribution in [0.3, 0.4) is 0 Å². The number of allylic oxidation sites excluding steroid dienone is 2. The Labute approximate surface area is 193 Å². The molecule has 2 aliphatic heterocycles. The average molecular weight is 488 g/mol. The lowest BCUT2D eigenvalue weighted by molar-refractivity contribution is -0.137. The van der Waals surface area contributed by atoms with Crippen LogP contribution in [0.25, 0.3) is 0 Å². The average Bonchev–Trinajstić information content (AvgIpc) is 3.57. The Bertz CT molecular complexity index is 951. The maximum Gasteiger partial charge on any atom is 0.416 e. The number of hydrogen-bond acceptors (Lipinski definition) is 4.